The van der Waals surface area contributed by atoms with Crippen molar-refractivity contribution in [3.63, 3.8) is 0 Å². The maximum Gasteiger partial charge on any atom is 0.485 e. The first-order valence-electron chi connectivity index (χ1n) is 5.86. The molecule has 0 unspecified atom stereocenters. The molecule has 2 aromatic rings. The Kier molecular flexibility index (Phi) is 4.56. The van der Waals surface area contributed by atoms with Gasteiger partial charge in [0, 0.05) is 5.69 Å². The minimum atomic E-state index is -4.42. The van der Waals surface area contributed by atoms with Crippen molar-refractivity contribution in [3.05, 3.63) is 59.7 Å². The first-order chi connectivity index (χ1) is 9.91. The fourth-order valence-electron chi connectivity index (χ4n) is 1.76. The molecule has 2 aromatic carbocycles. The van der Waals surface area contributed by atoms with Gasteiger partial charge >= 0.3 is 28.8 Å². The Morgan fingerprint density at radius 2 is 1.81 bits per heavy atom. The van der Waals surface area contributed by atoms with E-state index >= 15 is 0 Å². The number of alkyl halides is 3. The summed E-state index contributed by atoms with van der Waals surface area (Å²) in [6.07, 6.45) is -4.42. The Labute approximate surface area is 127 Å². The van der Waals surface area contributed by atoms with Crippen LogP contribution in [0.2, 0.25) is 0 Å². The first-order valence-corrected chi connectivity index (χ1v) is 6.33. The number of rotatable bonds is 3. The van der Waals surface area contributed by atoms with Gasteiger partial charge in [0.15, 0.2) is 0 Å². The molecule has 0 saturated carbocycles. The minimum Gasteiger partial charge on any atom is -0.624 e. The number of hydrogen-bond acceptors (Lipinski definition) is 3. The van der Waals surface area contributed by atoms with Crippen LogP contribution in [0.1, 0.15) is 15.9 Å². The molecule has 21 heavy (non-hydrogen) atoms. The van der Waals surface area contributed by atoms with Crippen molar-refractivity contribution in [3.8, 4) is 0 Å². The van der Waals surface area contributed by atoms with Crippen molar-refractivity contribution in [1.29, 1.82) is 0 Å². The average molecular weight is 307 g/mol. The predicted octanol–water partition coefficient (Wildman–Crippen LogP) is 3.69. The summed E-state index contributed by atoms with van der Waals surface area (Å²) >= 11 is 1.84. The summed E-state index contributed by atoms with van der Waals surface area (Å²) in [7, 11) is 0. The van der Waals surface area contributed by atoms with Crippen molar-refractivity contribution >= 4 is 34.0 Å². The van der Waals surface area contributed by atoms with E-state index in [4.69, 9.17) is 0 Å². The summed E-state index contributed by atoms with van der Waals surface area (Å²) in [6, 6.07) is 11.1. The van der Waals surface area contributed by atoms with Crippen LogP contribution in [0.3, 0.4) is 0 Å². The molecule has 3 nitrogen and oxygen atoms in total. The zero-order valence-electron chi connectivity index (χ0n) is 10.6. The highest BCUT2D eigenvalue weighted by Crippen LogP contribution is 2.31. The van der Waals surface area contributed by atoms with Crippen molar-refractivity contribution in [2.75, 3.05) is 5.32 Å². The monoisotopic (exact) mass is 307 g/mol. The lowest BCUT2D eigenvalue weighted by molar-refractivity contribution is -0.137. The molecule has 106 valence electrons. The van der Waals surface area contributed by atoms with Gasteiger partial charge in [0.1, 0.15) is 0 Å². The number of carbonyl (C=O) groups excluding carboxylic acids is 1. The van der Waals surface area contributed by atoms with E-state index in [-0.39, 0.29) is 11.3 Å². The van der Waals surface area contributed by atoms with Crippen molar-refractivity contribution < 1.29 is 21.8 Å². The highest BCUT2D eigenvalue weighted by Gasteiger charge is 2.30. The number of halogens is 3. The molecule has 7 heteroatoms. The van der Waals surface area contributed by atoms with Crippen LogP contribution >= 0.6 is 0 Å². The summed E-state index contributed by atoms with van der Waals surface area (Å²) < 4.78 is 42.5. The molecule has 0 heterocycles. The molecule has 2 radical (unpaired) electrons. The molecular formula is C14H9AlF3NO2. The second-order valence-corrected chi connectivity index (χ2v) is 4.39. The van der Waals surface area contributed by atoms with Gasteiger partial charge < -0.3 is 9.11 Å². The molecule has 0 aliphatic rings. The largest absolute Gasteiger partial charge is 0.624 e. The summed E-state index contributed by atoms with van der Waals surface area (Å²) in [5.74, 6) is -0.602. The second-order valence-electron chi connectivity index (χ2n) is 4.15. The highest BCUT2D eigenvalue weighted by atomic mass is 27.1. The zero-order chi connectivity index (χ0) is 15.5. The van der Waals surface area contributed by atoms with Crippen molar-refractivity contribution in [2.24, 2.45) is 0 Å². The van der Waals surface area contributed by atoms with Gasteiger partial charge in [-0.1, -0.05) is 18.2 Å². The van der Waals surface area contributed by atoms with Gasteiger partial charge in [-0.25, -0.2) is 4.79 Å². The lowest BCUT2D eigenvalue weighted by Crippen LogP contribution is -2.07. The topological polar surface area (TPSA) is 38.3 Å². The van der Waals surface area contributed by atoms with Gasteiger partial charge in [-0.2, -0.15) is 13.2 Å². The average Bonchev–Trinajstić information content (AvgIpc) is 2.46. The summed E-state index contributed by atoms with van der Waals surface area (Å²) in [6.45, 7) is 0. The molecule has 0 fully saturated rings. The SMILES string of the molecule is O=C([O][Al])c1ccccc1Nc1cccc(C(F)(F)F)c1. The van der Waals surface area contributed by atoms with E-state index in [1.165, 1.54) is 18.2 Å². The maximum absolute atomic E-state index is 12.7. The fourth-order valence-corrected chi connectivity index (χ4v) is 1.89. The molecule has 0 aliphatic carbocycles. The number of anilines is 2. The van der Waals surface area contributed by atoms with Crippen LogP contribution in [0.4, 0.5) is 24.5 Å². The first kappa shape index (κ1) is 15.4. The van der Waals surface area contributed by atoms with Gasteiger partial charge in [-0.05, 0) is 30.3 Å². The molecular weight excluding hydrogens is 298 g/mol. The smallest absolute Gasteiger partial charge is 0.485 e. The van der Waals surface area contributed by atoms with Gasteiger partial charge in [-0.15, -0.1) is 0 Å². The summed E-state index contributed by atoms with van der Waals surface area (Å²) in [5, 5.41) is 2.79. The number of nitrogens with one attached hydrogen (secondary N) is 1. The van der Waals surface area contributed by atoms with E-state index < -0.39 is 17.7 Å². The van der Waals surface area contributed by atoms with Crippen LogP contribution in [-0.2, 0) is 9.96 Å². The van der Waals surface area contributed by atoms with Crippen molar-refractivity contribution in [2.45, 2.75) is 6.18 Å². The number of hydrogen-bond donors (Lipinski definition) is 1. The Bertz CT molecular complexity index is 659. The lowest BCUT2D eigenvalue weighted by Gasteiger charge is -2.13. The Hall–Kier alpha value is -1.97. The summed E-state index contributed by atoms with van der Waals surface area (Å²) in [4.78, 5) is 11.6. The van der Waals surface area contributed by atoms with E-state index in [0.29, 0.717) is 5.69 Å². The number of carbonyl (C=O) groups is 1. The molecule has 0 saturated heterocycles. The zero-order valence-corrected chi connectivity index (χ0v) is 11.8. The van der Waals surface area contributed by atoms with Crippen LogP contribution < -0.4 is 5.32 Å². The van der Waals surface area contributed by atoms with E-state index in [9.17, 15) is 18.0 Å². The molecule has 0 atom stereocenters. The van der Waals surface area contributed by atoms with E-state index in [2.05, 4.69) is 9.11 Å². The van der Waals surface area contributed by atoms with Gasteiger partial charge in [0.2, 0.25) is 0 Å². The molecule has 2 rings (SSSR count). The maximum atomic E-state index is 12.7. The van der Waals surface area contributed by atoms with Gasteiger partial charge in [-0.3, -0.25) is 0 Å². The van der Waals surface area contributed by atoms with Crippen LogP contribution in [0.5, 0.6) is 0 Å². The quantitative estimate of drug-likeness (QED) is 0.879. The molecule has 0 aliphatic heterocycles. The lowest BCUT2D eigenvalue weighted by atomic mass is 10.1. The van der Waals surface area contributed by atoms with Crippen LogP contribution in [0.25, 0.3) is 0 Å². The predicted molar refractivity (Wildman–Crippen MR) is 72.3 cm³/mol. The standard InChI is InChI=1S/C14H10F3NO2.Al/c15-14(16,17)9-4-3-5-10(8-9)18-12-7-2-1-6-11(12)13(19)20;/h1-8,18H,(H,19,20);/q;+1/p-1. The number of para-hydroxylation sites is 1. The molecule has 1 N–H and O–H groups in total. The van der Waals surface area contributed by atoms with Crippen molar-refractivity contribution in [1.82, 2.24) is 0 Å². The molecule has 0 aromatic heterocycles. The third-order valence-corrected chi connectivity index (χ3v) is 2.94. The second kappa shape index (κ2) is 6.21. The molecule has 0 bridgehead atoms. The van der Waals surface area contributed by atoms with E-state index in [1.54, 1.807) is 18.2 Å². The Morgan fingerprint density at radius 3 is 2.48 bits per heavy atom. The van der Waals surface area contributed by atoms with E-state index in [0.717, 1.165) is 12.1 Å². The normalized spacial score (nSPS) is 11.0. The Balaban J connectivity index is 2.33. The van der Waals surface area contributed by atoms with Crippen LogP contribution in [-0.4, -0.2) is 22.6 Å². The van der Waals surface area contributed by atoms with Crippen LogP contribution in [0, 0.1) is 0 Å². The third kappa shape index (κ3) is 3.78. The Morgan fingerprint density at radius 1 is 1.10 bits per heavy atom. The highest BCUT2D eigenvalue weighted by molar-refractivity contribution is 6.11. The molecule has 0 spiro atoms. The van der Waals surface area contributed by atoms with Gasteiger partial charge in [0.05, 0.1) is 16.8 Å². The molecule has 0 amide bonds. The third-order valence-electron chi connectivity index (χ3n) is 2.72. The number of benzene rings is 2. The minimum absolute atomic E-state index is 0.227. The van der Waals surface area contributed by atoms with E-state index in [1.807, 2.05) is 16.6 Å². The van der Waals surface area contributed by atoms with Crippen LogP contribution in [0.15, 0.2) is 48.5 Å². The fraction of sp³-hybridized carbons (Fsp3) is 0.0714. The summed E-state index contributed by atoms with van der Waals surface area (Å²) in [5.41, 5.74) is 0.0571. The van der Waals surface area contributed by atoms with Gasteiger partial charge in [0.25, 0.3) is 0 Å².